The van der Waals surface area contributed by atoms with Gasteiger partial charge in [-0.3, -0.25) is 4.79 Å². The third kappa shape index (κ3) is 6.13. The molecule has 0 bridgehead atoms. The topological polar surface area (TPSA) is 93.1 Å². The van der Waals surface area contributed by atoms with E-state index in [-0.39, 0.29) is 17.3 Å². The van der Waals surface area contributed by atoms with Gasteiger partial charge in [-0.1, -0.05) is 18.2 Å². The fourth-order valence-corrected chi connectivity index (χ4v) is 3.15. The SMILES string of the molecule is O=C(CNS(=O)(=O)c1ccccc1)NCCCCCn1ccnc1. The van der Waals surface area contributed by atoms with Crippen LogP contribution in [0.2, 0.25) is 0 Å². The summed E-state index contributed by atoms with van der Waals surface area (Å²) in [6.07, 6.45) is 8.28. The lowest BCUT2D eigenvalue weighted by Gasteiger charge is -2.08. The van der Waals surface area contributed by atoms with E-state index in [0.29, 0.717) is 6.54 Å². The monoisotopic (exact) mass is 350 g/mol. The molecule has 0 atom stereocenters. The molecule has 0 fully saturated rings. The number of benzene rings is 1. The molecule has 1 amide bonds. The molecule has 0 aliphatic carbocycles. The molecule has 0 aliphatic heterocycles. The Hall–Kier alpha value is -2.19. The van der Waals surface area contributed by atoms with Crippen molar-refractivity contribution >= 4 is 15.9 Å². The molecule has 130 valence electrons. The molecule has 1 aromatic heterocycles. The van der Waals surface area contributed by atoms with Crippen molar-refractivity contribution in [3.8, 4) is 0 Å². The van der Waals surface area contributed by atoms with Crippen molar-refractivity contribution < 1.29 is 13.2 Å². The Balaban J connectivity index is 1.58. The molecule has 7 nitrogen and oxygen atoms in total. The zero-order valence-electron chi connectivity index (χ0n) is 13.4. The second-order valence-electron chi connectivity index (χ2n) is 5.35. The maximum absolute atomic E-state index is 12.0. The Morgan fingerprint density at radius 3 is 2.62 bits per heavy atom. The second kappa shape index (κ2) is 9.19. The number of nitrogens with zero attached hydrogens (tertiary/aromatic N) is 2. The van der Waals surface area contributed by atoms with Crippen LogP contribution in [0.4, 0.5) is 0 Å². The third-order valence-corrected chi connectivity index (χ3v) is 4.87. The number of carbonyl (C=O) groups excluding carboxylic acids is 1. The van der Waals surface area contributed by atoms with Crippen LogP contribution in [-0.4, -0.2) is 37.0 Å². The van der Waals surface area contributed by atoms with Crippen LogP contribution in [0.5, 0.6) is 0 Å². The molecule has 1 heterocycles. The van der Waals surface area contributed by atoms with E-state index >= 15 is 0 Å². The van der Waals surface area contributed by atoms with Crippen LogP contribution in [-0.2, 0) is 21.4 Å². The molecule has 2 aromatic rings. The molecular weight excluding hydrogens is 328 g/mol. The van der Waals surface area contributed by atoms with Gasteiger partial charge < -0.3 is 9.88 Å². The summed E-state index contributed by atoms with van der Waals surface area (Å²) in [7, 11) is -3.64. The van der Waals surface area contributed by atoms with E-state index in [2.05, 4.69) is 15.0 Å². The number of amides is 1. The first-order valence-electron chi connectivity index (χ1n) is 7.85. The molecule has 0 saturated carbocycles. The summed E-state index contributed by atoms with van der Waals surface area (Å²) in [5.74, 6) is -0.330. The number of unbranched alkanes of at least 4 members (excludes halogenated alkanes) is 2. The van der Waals surface area contributed by atoms with E-state index in [4.69, 9.17) is 0 Å². The van der Waals surface area contributed by atoms with Crippen LogP contribution in [0.3, 0.4) is 0 Å². The molecule has 0 spiro atoms. The number of nitrogens with one attached hydrogen (secondary N) is 2. The lowest BCUT2D eigenvalue weighted by molar-refractivity contribution is -0.119. The van der Waals surface area contributed by atoms with Gasteiger partial charge in [0.25, 0.3) is 0 Å². The lowest BCUT2D eigenvalue weighted by atomic mass is 10.2. The van der Waals surface area contributed by atoms with Crippen LogP contribution < -0.4 is 10.0 Å². The molecule has 2 rings (SSSR count). The summed E-state index contributed by atoms with van der Waals surface area (Å²) in [5.41, 5.74) is 0. The second-order valence-corrected chi connectivity index (χ2v) is 7.12. The number of aromatic nitrogens is 2. The minimum Gasteiger partial charge on any atom is -0.355 e. The predicted molar refractivity (Wildman–Crippen MR) is 90.7 cm³/mol. The van der Waals surface area contributed by atoms with Crippen LogP contribution in [0.1, 0.15) is 19.3 Å². The first kappa shape index (κ1) is 18.2. The van der Waals surface area contributed by atoms with Crippen molar-refractivity contribution in [2.24, 2.45) is 0 Å². The van der Waals surface area contributed by atoms with Crippen LogP contribution in [0.25, 0.3) is 0 Å². The Labute approximate surface area is 142 Å². The highest BCUT2D eigenvalue weighted by molar-refractivity contribution is 7.89. The zero-order valence-corrected chi connectivity index (χ0v) is 14.2. The zero-order chi connectivity index (χ0) is 17.3. The smallest absolute Gasteiger partial charge is 0.241 e. The number of carbonyl (C=O) groups is 1. The lowest BCUT2D eigenvalue weighted by Crippen LogP contribution is -2.37. The average molecular weight is 350 g/mol. The van der Waals surface area contributed by atoms with E-state index in [0.717, 1.165) is 25.8 Å². The Morgan fingerprint density at radius 2 is 1.92 bits per heavy atom. The minimum absolute atomic E-state index is 0.150. The normalized spacial score (nSPS) is 11.3. The van der Waals surface area contributed by atoms with Crippen LogP contribution in [0, 0.1) is 0 Å². The number of sulfonamides is 1. The summed E-state index contributed by atoms with van der Waals surface area (Å²) in [6, 6.07) is 7.98. The molecule has 0 aliphatic rings. The standard InChI is InChI=1S/C16H22N4O3S/c21-16(13-19-24(22,23)15-7-3-1-4-8-15)18-9-5-2-6-11-20-12-10-17-14-20/h1,3-4,7-8,10,12,14,19H,2,5-6,9,11,13H2,(H,18,21). The highest BCUT2D eigenvalue weighted by Crippen LogP contribution is 2.06. The molecule has 2 N–H and O–H groups in total. The molecule has 24 heavy (non-hydrogen) atoms. The number of hydrogen-bond acceptors (Lipinski definition) is 4. The third-order valence-electron chi connectivity index (χ3n) is 3.45. The fourth-order valence-electron chi connectivity index (χ4n) is 2.15. The van der Waals surface area contributed by atoms with E-state index in [1.54, 1.807) is 30.7 Å². The average Bonchev–Trinajstić information content (AvgIpc) is 3.10. The van der Waals surface area contributed by atoms with Gasteiger partial charge in [0, 0.05) is 25.5 Å². The van der Waals surface area contributed by atoms with Crippen molar-refractivity contribution in [1.82, 2.24) is 19.6 Å². The number of rotatable bonds is 10. The van der Waals surface area contributed by atoms with E-state index in [1.807, 2.05) is 10.8 Å². The summed E-state index contributed by atoms with van der Waals surface area (Å²) in [5, 5.41) is 2.72. The van der Waals surface area contributed by atoms with Gasteiger partial charge in [0.15, 0.2) is 0 Å². The van der Waals surface area contributed by atoms with E-state index < -0.39 is 10.0 Å². The van der Waals surface area contributed by atoms with Crippen LogP contribution in [0.15, 0.2) is 53.9 Å². The van der Waals surface area contributed by atoms with Crippen molar-refractivity contribution in [3.05, 3.63) is 49.1 Å². The van der Waals surface area contributed by atoms with Gasteiger partial charge in [-0.2, -0.15) is 0 Å². The molecule has 1 aromatic carbocycles. The quantitative estimate of drug-likeness (QED) is 0.629. The first-order chi connectivity index (χ1) is 11.6. The Morgan fingerprint density at radius 1 is 1.12 bits per heavy atom. The van der Waals surface area contributed by atoms with Gasteiger partial charge in [0.1, 0.15) is 0 Å². The van der Waals surface area contributed by atoms with E-state index in [9.17, 15) is 13.2 Å². The van der Waals surface area contributed by atoms with Gasteiger partial charge in [-0.15, -0.1) is 0 Å². The minimum atomic E-state index is -3.64. The van der Waals surface area contributed by atoms with Gasteiger partial charge in [0.2, 0.25) is 15.9 Å². The van der Waals surface area contributed by atoms with Crippen molar-refractivity contribution in [2.45, 2.75) is 30.7 Å². The fraction of sp³-hybridized carbons (Fsp3) is 0.375. The maximum Gasteiger partial charge on any atom is 0.241 e. The number of aryl methyl sites for hydroxylation is 1. The Kier molecular flexibility index (Phi) is 6.95. The van der Waals surface area contributed by atoms with Crippen LogP contribution >= 0.6 is 0 Å². The predicted octanol–water partition coefficient (Wildman–Crippen LogP) is 1.15. The van der Waals surface area contributed by atoms with Gasteiger partial charge in [-0.05, 0) is 31.4 Å². The highest BCUT2D eigenvalue weighted by Gasteiger charge is 2.14. The number of hydrogen-bond donors (Lipinski definition) is 2. The summed E-state index contributed by atoms with van der Waals surface area (Å²) in [4.78, 5) is 15.8. The summed E-state index contributed by atoms with van der Waals surface area (Å²) < 4.78 is 28.2. The van der Waals surface area contributed by atoms with Gasteiger partial charge >= 0.3 is 0 Å². The molecule has 0 radical (unpaired) electrons. The summed E-state index contributed by atoms with van der Waals surface area (Å²) in [6.45, 7) is 1.19. The number of imidazole rings is 1. The van der Waals surface area contributed by atoms with Crippen molar-refractivity contribution in [3.63, 3.8) is 0 Å². The van der Waals surface area contributed by atoms with Gasteiger partial charge in [0.05, 0.1) is 17.8 Å². The molecule has 0 saturated heterocycles. The molecule has 0 unspecified atom stereocenters. The molecule has 8 heteroatoms. The van der Waals surface area contributed by atoms with Crippen molar-refractivity contribution in [2.75, 3.05) is 13.1 Å². The summed E-state index contributed by atoms with van der Waals surface area (Å²) >= 11 is 0. The van der Waals surface area contributed by atoms with E-state index in [1.165, 1.54) is 12.1 Å². The molecular formula is C16H22N4O3S. The largest absolute Gasteiger partial charge is 0.355 e. The first-order valence-corrected chi connectivity index (χ1v) is 9.33. The maximum atomic E-state index is 12.0. The van der Waals surface area contributed by atoms with Crippen molar-refractivity contribution in [1.29, 1.82) is 0 Å². The Bertz CT molecular complexity index is 715. The highest BCUT2D eigenvalue weighted by atomic mass is 32.2. The van der Waals surface area contributed by atoms with Gasteiger partial charge in [-0.25, -0.2) is 18.1 Å².